The monoisotopic (exact) mass is 297 g/mol. The number of pyridine rings is 1. The fraction of sp³-hybridized carbons (Fsp3) is 0.235. The van der Waals surface area contributed by atoms with E-state index in [1.54, 1.807) is 7.11 Å². The zero-order valence-electron chi connectivity index (χ0n) is 12.7. The number of nitrogens with zero attached hydrogens (tertiary/aromatic N) is 2. The summed E-state index contributed by atoms with van der Waals surface area (Å²) in [5.41, 5.74) is 4.92. The van der Waals surface area contributed by atoms with Gasteiger partial charge >= 0.3 is 0 Å². The summed E-state index contributed by atoms with van der Waals surface area (Å²) in [7, 11) is 1.60. The molecule has 0 saturated heterocycles. The van der Waals surface area contributed by atoms with Crippen LogP contribution in [0.1, 0.15) is 16.8 Å². The van der Waals surface area contributed by atoms with Crippen molar-refractivity contribution in [1.82, 2.24) is 9.38 Å². The molecule has 2 aromatic heterocycles. The Bertz CT molecular complexity index is 796. The fourth-order valence-electron chi connectivity index (χ4n) is 2.47. The second kappa shape index (κ2) is 6.07. The number of imidazole rings is 1. The van der Waals surface area contributed by atoms with Gasteiger partial charge in [-0.15, -0.1) is 0 Å². The molecule has 22 heavy (non-hydrogen) atoms. The summed E-state index contributed by atoms with van der Waals surface area (Å²) >= 11 is 0. The van der Waals surface area contributed by atoms with Gasteiger partial charge in [0.2, 0.25) is 0 Å². The summed E-state index contributed by atoms with van der Waals surface area (Å²) in [6, 6.07) is 9.75. The summed E-state index contributed by atoms with van der Waals surface area (Å²) in [6.45, 7) is 2.67. The van der Waals surface area contributed by atoms with Crippen molar-refractivity contribution >= 4 is 11.3 Å². The number of aromatic nitrogens is 2. The number of aliphatic hydroxyl groups is 1. The first kappa shape index (κ1) is 14.4. The van der Waals surface area contributed by atoms with Crippen LogP contribution in [0, 0.1) is 6.92 Å². The molecule has 2 heterocycles. The van der Waals surface area contributed by atoms with E-state index in [0.29, 0.717) is 12.3 Å². The average Bonchev–Trinajstić information content (AvgIpc) is 2.94. The van der Waals surface area contributed by atoms with E-state index < -0.39 is 0 Å². The summed E-state index contributed by atoms with van der Waals surface area (Å²) in [5, 5.41) is 12.7. The molecule has 0 aliphatic carbocycles. The van der Waals surface area contributed by atoms with Crippen molar-refractivity contribution in [2.45, 2.75) is 20.1 Å². The van der Waals surface area contributed by atoms with E-state index in [1.165, 1.54) is 5.56 Å². The number of hydrogen-bond acceptors (Lipinski definition) is 4. The zero-order chi connectivity index (χ0) is 15.5. The number of ether oxygens (including phenoxy) is 1. The third kappa shape index (κ3) is 2.76. The van der Waals surface area contributed by atoms with Gasteiger partial charge in [0.15, 0.2) is 0 Å². The number of benzene rings is 1. The largest absolute Gasteiger partial charge is 0.496 e. The van der Waals surface area contributed by atoms with Gasteiger partial charge in [-0.1, -0.05) is 6.07 Å². The molecule has 1 aromatic carbocycles. The van der Waals surface area contributed by atoms with Gasteiger partial charge in [0.25, 0.3) is 0 Å². The predicted octanol–water partition coefficient (Wildman–Crippen LogP) is 2.76. The molecule has 114 valence electrons. The number of nitrogens with one attached hydrogen (secondary N) is 1. The van der Waals surface area contributed by atoms with Gasteiger partial charge in [-0.25, -0.2) is 4.98 Å². The highest BCUT2D eigenvalue weighted by Gasteiger charge is 2.06. The van der Waals surface area contributed by atoms with Crippen LogP contribution in [0.3, 0.4) is 0 Å². The van der Waals surface area contributed by atoms with Crippen molar-refractivity contribution in [3.63, 3.8) is 0 Å². The summed E-state index contributed by atoms with van der Waals surface area (Å²) in [4.78, 5) is 4.40. The third-order valence-corrected chi connectivity index (χ3v) is 3.65. The maximum Gasteiger partial charge on any atom is 0.136 e. The molecular weight excluding hydrogens is 278 g/mol. The number of rotatable bonds is 5. The molecule has 2 N–H and O–H groups in total. The number of methoxy groups -OCH3 is 1. The summed E-state index contributed by atoms with van der Waals surface area (Å²) in [5.74, 6) is 0.693. The van der Waals surface area contributed by atoms with Gasteiger partial charge in [0.1, 0.15) is 11.4 Å². The normalized spacial score (nSPS) is 10.9. The summed E-state index contributed by atoms with van der Waals surface area (Å²) < 4.78 is 7.29. The first-order chi connectivity index (χ1) is 10.7. The molecule has 0 amide bonds. The van der Waals surface area contributed by atoms with Crippen molar-refractivity contribution in [2.24, 2.45) is 0 Å². The second-order valence-electron chi connectivity index (χ2n) is 5.22. The maximum absolute atomic E-state index is 9.38. The zero-order valence-corrected chi connectivity index (χ0v) is 12.7. The minimum Gasteiger partial charge on any atom is -0.496 e. The molecule has 0 aliphatic heterocycles. The van der Waals surface area contributed by atoms with Crippen LogP contribution in [0.4, 0.5) is 5.69 Å². The topological polar surface area (TPSA) is 58.8 Å². The van der Waals surface area contributed by atoms with E-state index in [0.717, 1.165) is 22.6 Å². The van der Waals surface area contributed by atoms with Crippen LogP contribution >= 0.6 is 0 Å². The van der Waals surface area contributed by atoms with E-state index in [-0.39, 0.29) is 6.61 Å². The fourth-order valence-corrected chi connectivity index (χ4v) is 2.47. The van der Waals surface area contributed by atoms with Gasteiger partial charge in [-0.05, 0) is 36.8 Å². The molecule has 5 nitrogen and oxygen atoms in total. The maximum atomic E-state index is 9.38. The van der Waals surface area contributed by atoms with Gasteiger partial charge in [-0.2, -0.15) is 0 Å². The Morgan fingerprint density at radius 1 is 1.27 bits per heavy atom. The quantitative estimate of drug-likeness (QED) is 0.760. The Morgan fingerprint density at radius 3 is 2.91 bits per heavy atom. The molecule has 0 saturated carbocycles. The van der Waals surface area contributed by atoms with E-state index in [1.807, 2.05) is 30.5 Å². The SMILES string of the molecule is COc1ccc(NCc2cnc3ccc(C)cn23)cc1CO. The number of hydrogen-bond donors (Lipinski definition) is 2. The molecule has 3 rings (SSSR count). The van der Waals surface area contributed by atoms with Crippen molar-refractivity contribution in [3.8, 4) is 5.75 Å². The molecule has 0 atom stereocenters. The highest BCUT2D eigenvalue weighted by atomic mass is 16.5. The Balaban J connectivity index is 1.80. The standard InChI is InChI=1S/C17H19N3O2/c1-12-3-6-17-19-9-15(20(17)10-12)8-18-14-4-5-16(22-2)13(7-14)11-21/h3-7,9-10,18,21H,8,11H2,1-2H3. The van der Waals surface area contributed by atoms with Gasteiger partial charge in [0, 0.05) is 17.4 Å². The lowest BCUT2D eigenvalue weighted by molar-refractivity contribution is 0.274. The number of aryl methyl sites for hydroxylation is 1. The van der Waals surface area contributed by atoms with Crippen molar-refractivity contribution in [2.75, 3.05) is 12.4 Å². The van der Waals surface area contributed by atoms with Crippen LogP contribution in [0.25, 0.3) is 5.65 Å². The third-order valence-electron chi connectivity index (χ3n) is 3.65. The van der Waals surface area contributed by atoms with E-state index in [4.69, 9.17) is 4.74 Å². The molecule has 0 spiro atoms. The van der Waals surface area contributed by atoms with Crippen LogP contribution in [0.5, 0.6) is 5.75 Å². The van der Waals surface area contributed by atoms with Crippen molar-refractivity contribution < 1.29 is 9.84 Å². The summed E-state index contributed by atoms with van der Waals surface area (Å²) in [6.07, 6.45) is 3.95. The Kier molecular flexibility index (Phi) is 3.98. The van der Waals surface area contributed by atoms with Gasteiger partial charge < -0.3 is 19.6 Å². The van der Waals surface area contributed by atoms with Crippen LogP contribution in [0.2, 0.25) is 0 Å². The molecule has 0 unspecified atom stereocenters. The lowest BCUT2D eigenvalue weighted by Crippen LogP contribution is -2.03. The number of fused-ring (bicyclic) bond motifs is 1. The first-order valence-corrected chi connectivity index (χ1v) is 7.15. The van der Waals surface area contributed by atoms with Crippen molar-refractivity contribution in [1.29, 1.82) is 0 Å². The van der Waals surface area contributed by atoms with E-state index in [2.05, 4.69) is 33.9 Å². The Hall–Kier alpha value is -2.53. The molecule has 3 aromatic rings. The second-order valence-corrected chi connectivity index (χ2v) is 5.22. The van der Waals surface area contributed by atoms with E-state index in [9.17, 15) is 5.11 Å². The average molecular weight is 297 g/mol. The van der Waals surface area contributed by atoms with Crippen LogP contribution in [0.15, 0.2) is 42.7 Å². The molecule has 0 fully saturated rings. The lowest BCUT2D eigenvalue weighted by atomic mass is 10.2. The minimum atomic E-state index is -0.0481. The van der Waals surface area contributed by atoms with Gasteiger partial charge in [0.05, 0.1) is 32.2 Å². The van der Waals surface area contributed by atoms with Crippen LogP contribution in [-0.2, 0) is 13.2 Å². The Labute approximate surface area is 129 Å². The van der Waals surface area contributed by atoms with E-state index >= 15 is 0 Å². The van der Waals surface area contributed by atoms with Gasteiger partial charge in [-0.3, -0.25) is 0 Å². The molecule has 0 bridgehead atoms. The van der Waals surface area contributed by atoms with Crippen LogP contribution in [-0.4, -0.2) is 21.6 Å². The first-order valence-electron chi connectivity index (χ1n) is 7.15. The molecule has 0 radical (unpaired) electrons. The highest BCUT2D eigenvalue weighted by molar-refractivity contribution is 5.51. The van der Waals surface area contributed by atoms with Crippen LogP contribution < -0.4 is 10.1 Å². The predicted molar refractivity (Wildman–Crippen MR) is 86.2 cm³/mol. The number of aliphatic hydroxyl groups excluding tert-OH is 1. The smallest absolute Gasteiger partial charge is 0.136 e. The lowest BCUT2D eigenvalue weighted by Gasteiger charge is -2.11. The minimum absolute atomic E-state index is 0.0481. The molecular formula is C17H19N3O2. The number of anilines is 1. The Morgan fingerprint density at radius 2 is 2.14 bits per heavy atom. The molecule has 5 heteroatoms. The highest BCUT2D eigenvalue weighted by Crippen LogP contribution is 2.23. The molecule has 0 aliphatic rings. The van der Waals surface area contributed by atoms with Crippen molar-refractivity contribution in [3.05, 3.63) is 59.5 Å².